The first kappa shape index (κ1) is 15.9. The second kappa shape index (κ2) is 6.10. The summed E-state index contributed by atoms with van der Waals surface area (Å²) < 4.78 is -0.355. The number of carboxylic acids is 1. The van der Waals surface area contributed by atoms with Crippen molar-refractivity contribution in [3.05, 3.63) is 0 Å². The number of thioether (sulfide) groups is 2. The van der Waals surface area contributed by atoms with Gasteiger partial charge >= 0.3 is 5.97 Å². The smallest absolute Gasteiger partial charge is 0.328 e. The molecule has 0 spiro atoms. The summed E-state index contributed by atoms with van der Waals surface area (Å²) in [5.41, 5.74) is 5.32. The number of aliphatic hydroxyl groups is 2. The normalized spacial score (nSPS) is 35.4. The Labute approximate surface area is 124 Å². The molecule has 9 heteroatoms. The summed E-state index contributed by atoms with van der Waals surface area (Å²) in [5, 5.41) is 28.1. The van der Waals surface area contributed by atoms with E-state index in [9.17, 15) is 24.9 Å². The SMILES string of the molecule is CC(O)C1C(=O)N2C(C(=O)O)C(SCC(O)CN)S[C@H]12. The summed E-state index contributed by atoms with van der Waals surface area (Å²) in [6.45, 7) is 1.65. The molecule has 0 bridgehead atoms. The van der Waals surface area contributed by atoms with Crippen LogP contribution in [0.4, 0.5) is 0 Å². The Morgan fingerprint density at radius 3 is 2.70 bits per heavy atom. The van der Waals surface area contributed by atoms with E-state index < -0.39 is 30.1 Å². The summed E-state index contributed by atoms with van der Waals surface area (Å²) in [6.07, 6.45) is -1.48. The predicted molar refractivity (Wildman–Crippen MR) is 76.1 cm³/mol. The number of amides is 1. The zero-order valence-corrected chi connectivity index (χ0v) is 12.5. The molecule has 5 N–H and O–H groups in total. The molecule has 2 fully saturated rings. The molecule has 6 atom stereocenters. The van der Waals surface area contributed by atoms with Crippen molar-refractivity contribution in [2.75, 3.05) is 12.3 Å². The molecule has 2 saturated heterocycles. The van der Waals surface area contributed by atoms with Crippen molar-refractivity contribution in [2.24, 2.45) is 11.7 Å². The quantitative estimate of drug-likeness (QED) is 0.446. The van der Waals surface area contributed by atoms with E-state index in [4.69, 9.17) is 5.73 Å². The van der Waals surface area contributed by atoms with E-state index in [1.54, 1.807) is 0 Å². The van der Waals surface area contributed by atoms with Crippen LogP contribution in [0.3, 0.4) is 0 Å². The van der Waals surface area contributed by atoms with Crippen molar-refractivity contribution in [3.63, 3.8) is 0 Å². The van der Waals surface area contributed by atoms with E-state index in [0.717, 1.165) is 0 Å². The van der Waals surface area contributed by atoms with Gasteiger partial charge in [-0.25, -0.2) is 4.79 Å². The highest BCUT2D eigenvalue weighted by molar-refractivity contribution is 8.17. The van der Waals surface area contributed by atoms with E-state index in [2.05, 4.69) is 0 Å². The number of fused-ring (bicyclic) bond motifs is 1. The van der Waals surface area contributed by atoms with Crippen LogP contribution >= 0.6 is 23.5 Å². The molecule has 0 aromatic carbocycles. The molecule has 5 unspecified atom stereocenters. The lowest BCUT2D eigenvalue weighted by atomic mass is 9.91. The van der Waals surface area contributed by atoms with E-state index in [1.807, 2.05) is 0 Å². The number of hydrogen-bond donors (Lipinski definition) is 4. The average molecular weight is 322 g/mol. The van der Waals surface area contributed by atoms with Crippen molar-refractivity contribution in [1.82, 2.24) is 4.90 Å². The second-order valence-corrected chi connectivity index (χ2v) is 7.65. The molecule has 2 aliphatic heterocycles. The van der Waals surface area contributed by atoms with Gasteiger partial charge in [-0.15, -0.1) is 23.5 Å². The largest absolute Gasteiger partial charge is 0.480 e. The Kier molecular flexibility index (Phi) is 4.85. The van der Waals surface area contributed by atoms with Gasteiger partial charge in [0.15, 0.2) is 6.04 Å². The minimum Gasteiger partial charge on any atom is -0.480 e. The van der Waals surface area contributed by atoms with Crippen LogP contribution in [-0.4, -0.2) is 72.6 Å². The molecule has 2 heterocycles. The Bertz CT molecular complexity index is 408. The Morgan fingerprint density at radius 1 is 1.55 bits per heavy atom. The van der Waals surface area contributed by atoms with Crippen molar-refractivity contribution in [1.29, 1.82) is 0 Å². The van der Waals surface area contributed by atoms with Crippen molar-refractivity contribution in [3.8, 4) is 0 Å². The number of aliphatic hydroxyl groups excluding tert-OH is 2. The lowest BCUT2D eigenvalue weighted by molar-refractivity contribution is -0.166. The van der Waals surface area contributed by atoms with Crippen LogP contribution in [-0.2, 0) is 9.59 Å². The zero-order chi connectivity index (χ0) is 15.0. The molecule has 0 aromatic heterocycles. The van der Waals surface area contributed by atoms with Gasteiger partial charge in [-0.1, -0.05) is 0 Å². The molecular formula is C11H18N2O5S2. The molecule has 7 nitrogen and oxygen atoms in total. The monoisotopic (exact) mass is 322 g/mol. The summed E-state index contributed by atoms with van der Waals surface area (Å²) >= 11 is 2.66. The van der Waals surface area contributed by atoms with Crippen LogP contribution in [0.1, 0.15) is 6.92 Å². The third kappa shape index (κ3) is 2.64. The third-order valence-electron chi connectivity index (χ3n) is 3.45. The van der Waals surface area contributed by atoms with Crippen molar-refractivity contribution < 1.29 is 24.9 Å². The third-order valence-corrected chi connectivity index (χ3v) is 6.68. The first-order valence-electron chi connectivity index (χ1n) is 6.26. The van der Waals surface area contributed by atoms with Gasteiger partial charge in [0, 0.05) is 12.3 Å². The molecule has 0 saturated carbocycles. The van der Waals surface area contributed by atoms with Gasteiger partial charge in [0.1, 0.15) is 0 Å². The minimum atomic E-state index is -1.06. The van der Waals surface area contributed by atoms with Gasteiger partial charge in [-0.3, -0.25) is 4.79 Å². The van der Waals surface area contributed by atoms with Crippen LogP contribution in [0.25, 0.3) is 0 Å². The molecule has 0 aromatic rings. The number of carbonyl (C=O) groups is 2. The summed E-state index contributed by atoms with van der Waals surface area (Å²) in [7, 11) is 0. The van der Waals surface area contributed by atoms with Crippen molar-refractivity contribution in [2.45, 2.75) is 35.1 Å². The number of aliphatic carboxylic acids is 1. The number of nitrogens with zero attached hydrogens (tertiary/aromatic N) is 1. The number of carboxylic acid groups (broad SMARTS) is 1. The van der Waals surface area contributed by atoms with Gasteiger partial charge < -0.3 is 26.0 Å². The van der Waals surface area contributed by atoms with E-state index in [1.165, 1.54) is 35.3 Å². The number of β-lactam (4-membered cyclic amide) rings is 1. The fraction of sp³-hybridized carbons (Fsp3) is 0.818. The molecule has 2 rings (SSSR count). The molecule has 114 valence electrons. The highest BCUT2D eigenvalue weighted by atomic mass is 32.2. The Hall–Kier alpha value is -0.480. The topological polar surface area (TPSA) is 124 Å². The number of carbonyl (C=O) groups excluding carboxylic acids is 1. The first-order chi connectivity index (χ1) is 9.38. The van der Waals surface area contributed by atoms with Crippen LogP contribution in [0, 0.1) is 5.92 Å². The van der Waals surface area contributed by atoms with Crippen LogP contribution in [0.2, 0.25) is 0 Å². The van der Waals surface area contributed by atoms with Crippen LogP contribution in [0.15, 0.2) is 0 Å². The van der Waals surface area contributed by atoms with E-state index in [-0.39, 0.29) is 22.4 Å². The maximum absolute atomic E-state index is 12.0. The fourth-order valence-electron chi connectivity index (χ4n) is 2.38. The maximum Gasteiger partial charge on any atom is 0.328 e. The van der Waals surface area contributed by atoms with Crippen molar-refractivity contribution >= 4 is 35.4 Å². The maximum atomic E-state index is 12.0. The van der Waals surface area contributed by atoms with Gasteiger partial charge in [-0.05, 0) is 6.92 Å². The van der Waals surface area contributed by atoms with Gasteiger partial charge in [-0.2, -0.15) is 0 Å². The predicted octanol–water partition coefficient (Wildman–Crippen LogP) is -1.27. The highest BCUT2D eigenvalue weighted by Gasteiger charge is 2.62. The highest BCUT2D eigenvalue weighted by Crippen LogP contribution is 2.52. The van der Waals surface area contributed by atoms with Gasteiger partial charge in [0.05, 0.1) is 28.1 Å². The van der Waals surface area contributed by atoms with Crippen LogP contribution in [0.5, 0.6) is 0 Å². The lowest BCUT2D eigenvalue weighted by Gasteiger charge is -2.44. The van der Waals surface area contributed by atoms with E-state index in [0.29, 0.717) is 5.75 Å². The number of nitrogens with two attached hydrogens (primary N) is 1. The number of rotatable bonds is 6. The molecule has 0 aliphatic carbocycles. The molecular weight excluding hydrogens is 304 g/mol. The first-order valence-corrected chi connectivity index (χ1v) is 8.26. The summed E-state index contributed by atoms with van der Waals surface area (Å²) in [4.78, 5) is 24.6. The Morgan fingerprint density at radius 2 is 2.20 bits per heavy atom. The minimum absolute atomic E-state index is 0.116. The van der Waals surface area contributed by atoms with Gasteiger partial charge in [0.2, 0.25) is 5.91 Å². The average Bonchev–Trinajstić information content (AvgIpc) is 2.69. The Balaban J connectivity index is 2.07. The molecule has 2 aliphatic rings. The summed E-state index contributed by atoms with van der Waals surface area (Å²) in [6, 6.07) is -0.914. The molecule has 20 heavy (non-hydrogen) atoms. The second-order valence-electron chi connectivity index (χ2n) is 4.91. The molecule has 0 radical (unpaired) electrons. The summed E-state index contributed by atoms with van der Waals surface area (Å²) in [5.74, 6) is -1.58. The lowest BCUT2D eigenvalue weighted by Crippen LogP contribution is -2.64. The van der Waals surface area contributed by atoms with Crippen LogP contribution < -0.4 is 5.73 Å². The zero-order valence-electron chi connectivity index (χ0n) is 10.9. The van der Waals surface area contributed by atoms with E-state index >= 15 is 0 Å². The standard InChI is InChI=1S/C11H18N2O5S2/c1-4(14)6-8(16)13-7(10(17)18)11(20-9(6)13)19-3-5(15)2-12/h4-7,9,11,14-15H,2-3,12H2,1H3,(H,17,18)/t4?,5?,6?,7?,9-,11?/m1/s1. The fourth-order valence-corrected chi connectivity index (χ4v) is 5.80. The molecule has 1 amide bonds. The van der Waals surface area contributed by atoms with Gasteiger partial charge in [0.25, 0.3) is 0 Å². The number of hydrogen-bond acceptors (Lipinski definition) is 7.